The van der Waals surface area contributed by atoms with Crippen LogP contribution in [0.1, 0.15) is 56.7 Å². The molecule has 6 heteroatoms. The molecule has 3 rings (SSSR count). The van der Waals surface area contributed by atoms with E-state index < -0.39 is 21.4 Å². The third-order valence-corrected chi connectivity index (χ3v) is 7.35. The molecule has 0 radical (unpaired) electrons. The molecule has 5 nitrogen and oxygen atoms in total. The van der Waals surface area contributed by atoms with Crippen molar-refractivity contribution < 1.29 is 13.6 Å². The van der Waals surface area contributed by atoms with Crippen molar-refractivity contribution >= 4 is 9.84 Å². The minimum atomic E-state index is -3.52. The van der Waals surface area contributed by atoms with Gasteiger partial charge in [0.1, 0.15) is 0 Å². The Labute approximate surface area is 155 Å². The quantitative estimate of drug-likeness (QED) is 0.857. The Bertz CT molecular complexity index is 854. The number of aromatic nitrogens is 1. The van der Waals surface area contributed by atoms with E-state index in [0.29, 0.717) is 23.3 Å². The lowest BCUT2D eigenvalue weighted by Crippen LogP contribution is -2.51. The maximum Gasteiger partial charge on any atom is 0.180 e. The van der Waals surface area contributed by atoms with Crippen LogP contribution in [0.5, 0.6) is 0 Å². The van der Waals surface area contributed by atoms with Crippen molar-refractivity contribution in [2.45, 2.75) is 56.0 Å². The summed E-state index contributed by atoms with van der Waals surface area (Å²) in [6.45, 7) is 4.02. The molecule has 0 aliphatic carbocycles. The Balaban J connectivity index is 2.25. The predicted molar refractivity (Wildman–Crippen MR) is 101 cm³/mol. The van der Waals surface area contributed by atoms with E-state index >= 15 is 0 Å². The van der Waals surface area contributed by atoms with Gasteiger partial charge in [-0.1, -0.05) is 51.0 Å². The van der Waals surface area contributed by atoms with Crippen molar-refractivity contribution in [2.75, 3.05) is 5.75 Å². The van der Waals surface area contributed by atoms with E-state index in [9.17, 15) is 13.6 Å². The molecule has 0 amide bonds. The largest absolute Gasteiger partial charge is 0.312 e. The zero-order valence-corrected chi connectivity index (χ0v) is 16.1. The van der Waals surface area contributed by atoms with Crippen LogP contribution in [0.3, 0.4) is 0 Å². The summed E-state index contributed by atoms with van der Waals surface area (Å²) in [6, 6.07) is 10.1. The van der Waals surface area contributed by atoms with Crippen LogP contribution in [-0.4, -0.2) is 35.0 Å². The lowest BCUT2D eigenvalue weighted by Gasteiger charge is -2.41. The molecule has 2 unspecified atom stereocenters. The summed E-state index contributed by atoms with van der Waals surface area (Å²) in [7, 11) is -3.52. The van der Waals surface area contributed by atoms with Crippen LogP contribution in [0.4, 0.5) is 0 Å². The fraction of sp³-hybridized carbons (Fsp3) is 0.450. The van der Waals surface area contributed by atoms with Gasteiger partial charge in [-0.2, -0.15) is 5.06 Å². The third kappa shape index (κ3) is 3.29. The van der Waals surface area contributed by atoms with E-state index in [1.54, 1.807) is 30.6 Å². The molecular formula is C20H26N2O3S. The van der Waals surface area contributed by atoms with E-state index in [1.807, 2.05) is 25.1 Å². The number of hydrogen-bond donors (Lipinski definition) is 1. The summed E-state index contributed by atoms with van der Waals surface area (Å²) in [6.07, 6.45) is 6.35. The van der Waals surface area contributed by atoms with E-state index in [0.717, 1.165) is 18.4 Å². The summed E-state index contributed by atoms with van der Waals surface area (Å²) < 4.78 is 26.4. The van der Waals surface area contributed by atoms with Crippen molar-refractivity contribution in [3.05, 3.63) is 59.9 Å². The van der Waals surface area contributed by atoms with Gasteiger partial charge in [-0.05, 0) is 36.1 Å². The number of hydroxylamine groups is 2. The molecule has 0 fully saturated rings. The van der Waals surface area contributed by atoms with Crippen LogP contribution >= 0.6 is 0 Å². The second-order valence-corrected chi connectivity index (χ2v) is 8.97. The number of benzene rings is 1. The first-order valence-corrected chi connectivity index (χ1v) is 10.8. The minimum absolute atomic E-state index is 0.0826. The molecule has 0 spiro atoms. The van der Waals surface area contributed by atoms with E-state index in [4.69, 9.17) is 0 Å². The number of hydrogen-bond acceptors (Lipinski definition) is 5. The Hall–Kier alpha value is -1.76. The van der Waals surface area contributed by atoms with Crippen LogP contribution in [0.15, 0.2) is 53.7 Å². The lowest BCUT2D eigenvalue weighted by atomic mass is 9.87. The average molecular weight is 375 g/mol. The summed E-state index contributed by atoms with van der Waals surface area (Å²) in [5.41, 5.74) is 0.567. The molecule has 140 valence electrons. The van der Waals surface area contributed by atoms with Crippen molar-refractivity contribution in [3.8, 4) is 0 Å². The summed E-state index contributed by atoms with van der Waals surface area (Å²) >= 11 is 0. The van der Waals surface area contributed by atoms with Gasteiger partial charge in [0.05, 0.1) is 22.2 Å². The Kier molecular flexibility index (Phi) is 5.46. The van der Waals surface area contributed by atoms with Gasteiger partial charge in [-0.25, -0.2) is 8.42 Å². The van der Waals surface area contributed by atoms with Crippen LogP contribution in [0.2, 0.25) is 0 Å². The van der Waals surface area contributed by atoms with Gasteiger partial charge in [0.25, 0.3) is 0 Å². The molecule has 0 bridgehead atoms. The zero-order valence-electron chi connectivity index (χ0n) is 15.3. The van der Waals surface area contributed by atoms with Gasteiger partial charge >= 0.3 is 0 Å². The Morgan fingerprint density at radius 1 is 1.23 bits per heavy atom. The van der Waals surface area contributed by atoms with Gasteiger partial charge in [-0.3, -0.25) is 4.98 Å². The van der Waals surface area contributed by atoms with Gasteiger partial charge in [0.15, 0.2) is 9.84 Å². The van der Waals surface area contributed by atoms with Crippen molar-refractivity contribution in [3.63, 3.8) is 0 Å². The highest BCUT2D eigenvalue weighted by atomic mass is 32.2. The van der Waals surface area contributed by atoms with Crippen molar-refractivity contribution in [1.29, 1.82) is 0 Å². The fourth-order valence-corrected chi connectivity index (χ4v) is 6.05. The van der Waals surface area contributed by atoms with E-state index in [1.165, 1.54) is 5.06 Å². The summed E-state index contributed by atoms with van der Waals surface area (Å²) in [5.74, 6) is -0.0826. The lowest BCUT2D eigenvalue weighted by molar-refractivity contribution is -0.193. The first-order valence-electron chi connectivity index (χ1n) is 9.15. The van der Waals surface area contributed by atoms with Crippen LogP contribution in [-0.2, 0) is 9.84 Å². The SMILES string of the molecule is CCCCC1(CC)CS(=O)(=O)c2ccccc2C(c2cccnc2)N1O. The Morgan fingerprint density at radius 3 is 2.65 bits per heavy atom. The smallest absolute Gasteiger partial charge is 0.180 e. The Morgan fingerprint density at radius 2 is 2.00 bits per heavy atom. The average Bonchev–Trinajstić information content (AvgIpc) is 2.73. The first-order chi connectivity index (χ1) is 12.4. The molecule has 1 aliphatic rings. The number of unbranched alkanes of at least 4 members (excludes halogenated alkanes) is 1. The van der Waals surface area contributed by atoms with E-state index in [-0.39, 0.29) is 5.75 Å². The highest BCUT2D eigenvalue weighted by Gasteiger charge is 2.47. The fourth-order valence-electron chi connectivity index (χ4n) is 3.88. The van der Waals surface area contributed by atoms with Crippen LogP contribution in [0.25, 0.3) is 0 Å². The van der Waals surface area contributed by atoms with Gasteiger partial charge in [0.2, 0.25) is 0 Å². The number of sulfone groups is 1. The van der Waals surface area contributed by atoms with Crippen molar-refractivity contribution in [1.82, 2.24) is 10.0 Å². The minimum Gasteiger partial charge on any atom is -0.312 e. The maximum absolute atomic E-state index is 13.2. The molecule has 0 saturated carbocycles. The second-order valence-electron chi connectivity index (χ2n) is 7.01. The molecule has 2 heterocycles. The molecule has 2 atom stereocenters. The molecule has 1 aromatic heterocycles. The number of fused-ring (bicyclic) bond motifs is 1. The number of pyridine rings is 1. The molecule has 1 aliphatic heterocycles. The summed E-state index contributed by atoms with van der Waals surface area (Å²) in [4.78, 5) is 4.49. The number of nitrogens with zero attached hydrogens (tertiary/aromatic N) is 2. The zero-order chi connectivity index (χ0) is 18.8. The van der Waals surface area contributed by atoms with Gasteiger partial charge < -0.3 is 5.21 Å². The monoisotopic (exact) mass is 374 g/mol. The predicted octanol–water partition coefficient (Wildman–Crippen LogP) is 3.99. The molecule has 26 heavy (non-hydrogen) atoms. The normalized spacial score (nSPS) is 25.4. The highest BCUT2D eigenvalue weighted by Crippen LogP contribution is 2.43. The van der Waals surface area contributed by atoms with Crippen molar-refractivity contribution in [2.24, 2.45) is 0 Å². The molecule has 2 aromatic rings. The van der Waals surface area contributed by atoms with Gasteiger partial charge in [0, 0.05) is 12.4 Å². The van der Waals surface area contributed by atoms with Crippen LogP contribution < -0.4 is 0 Å². The maximum atomic E-state index is 13.2. The molecule has 0 saturated heterocycles. The topological polar surface area (TPSA) is 70.5 Å². The van der Waals surface area contributed by atoms with Crippen LogP contribution in [0, 0.1) is 0 Å². The second kappa shape index (κ2) is 7.47. The molecule has 1 N–H and O–H groups in total. The standard InChI is InChI=1S/C20H26N2O3S/c1-3-5-12-20(4-2)15-26(24,25)18-11-7-6-10-17(18)19(22(20)23)16-9-8-13-21-14-16/h6-11,13-14,19,23H,3-5,12,15H2,1-2H3. The molecule has 1 aromatic carbocycles. The number of rotatable bonds is 5. The highest BCUT2D eigenvalue weighted by molar-refractivity contribution is 7.91. The third-order valence-electron chi connectivity index (χ3n) is 5.39. The first kappa shape index (κ1) is 19.0. The van der Waals surface area contributed by atoms with Gasteiger partial charge in [-0.15, -0.1) is 0 Å². The van der Waals surface area contributed by atoms with E-state index in [2.05, 4.69) is 11.9 Å². The molecular weight excluding hydrogens is 348 g/mol. The summed E-state index contributed by atoms with van der Waals surface area (Å²) in [5, 5.41) is 12.7.